The van der Waals surface area contributed by atoms with Gasteiger partial charge in [0.2, 0.25) is 0 Å². The van der Waals surface area contributed by atoms with Crippen LogP contribution in [0.3, 0.4) is 0 Å². The lowest BCUT2D eigenvalue weighted by atomic mass is 9.64. The van der Waals surface area contributed by atoms with Gasteiger partial charge in [0.25, 0.3) is 0 Å². The van der Waals surface area contributed by atoms with Crippen LogP contribution in [0.25, 0.3) is 0 Å². The Morgan fingerprint density at radius 2 is 2.00 bits per heavy atom. The highest BCUT2D eigenvalue weighted by Gasteiger charge is 2.48. The molecule has 0 aliphatic heterocycles. The topological polar surface area (TPSA) is 50.8 Å². The van der Waals surface area contributed by atoms with Crippen LogP contribution in [0.5, 0.6) is 0 Å². The van der Waals surface area contributed by atoms with Crippen LogP contribution in [-0.4, -0.2) is 55.5 Å². The standard InChI is InChI=1S/C16H32N2O3/c1-8-20-13-11-12(16(13,5)6)17-9-10-18(7)14(19)21-15(2,3)4/h12-13,17H,8-11H2,1-7H3. The fourth-order valence-corrected chi connectivity index (χ4v) is 2.55. The Kier molecular flexibility index (Phi) is 6.05. The van der Waals surface area contributed by atoms with Gasteiger partial charge in [-0.15, -0.1) is 0 Å². The lowest BCUT2D eigenvalue weighted by Gasteiger charge is -2.52. The van der Waals surface area contributed by atoms with E-state index in [2.05, 4.69) is 19.2 Å². The molecule has 0 heterocycles. The van der Waals surface area contributed by atoms with Crippen molar-refractivity contribution in [3.63, 3.8) is 0 Å². The highest BCUT2D eigenvalue weighted by molar-refractivity contribution is 5.67. The molecule has 0 aromatic rings. The number of carbonyl (C=O) groups is 1. The summed E-state index contributed by atoms with van der Waals surface area (Å²) in [6.45, 7) is 14.3. The van der Waals surface area contributed by atoms with Gasteiger partial charge in [-0.3, -0.25) is 0 Å². The van der Waals surface area contributed by atoms with E-state index < -0.39 is 5.60 Å². The van der Waals surface area contributed by atoms with Gasteiger partial charge in [0.1, 0.15) is 5.60 Å². The van der Waals surface area contributed by atoms with E-state index in [0.29, 0.717) is 18.7 Å². The van der Waals surface area contributed by atoms with Crippen molar-refractivity contribution in [3.05, 3.63) is 0 Å². The summed E-state index contributed by atoms with van der Waals surface area (Å²) in [5.74, 6) is 0. The first-order valence-electron chi connectivity index (χ1n) is 7.87. The van der Waals surface area contributed by atoms with Crippen molar-refractivity contribution < 1.29 is 14.3 Å². The minimum atomic E-state index is -0.445. The van der Waals surface area contributed by atoms with Crippen molar-refractivity contribution in [2.24, 2.45) is 5.41 Å². The molecular formula is C16H32N2O3. The fraction of sp³-hybridized carbons (Fsp3) is 0.938. The number of amides is 1. The zero-order chi connectivity index (χ0) is 16.3. The van der Waals surface area contributed by atoms with Gasteiger partial charge in [-0.05, 0) is 34.1 Å². The number of nitrogens with zero attached hydrogens (tertiary/aromatic N) is 1. The van der Waals surface area contributed by atoms with Crippen LogP contribution in [0.2, 0.25) is 0 Å². The summed E-state index contributed by atoms with van der Waals surface area (Å²) >= 11 is 0. The Labute approximate surface area is 129 Å². The Hall–Kier alpha value is -0.810. The fourth-order valence-electron chi connectivity index (χ4n) is 2.55. The normalized spacial score (nSPS) is 24.3. The Morgan fingerprint density at radius 1 is 1.38 bits per heavy atom. The predicted octanol–water partition coefficient (Wildman–Crippen LogP) is 2.65. The lowest BCUT2D eigenvalue weighted by Crippen LogP contribution is -2.61. The van der Waals surface area contributed by atoms with E-state index in [4.69, 9.17) is 9.47 Å². The minimum Gasteiger partial charge on any atom is -0.444 e. The van der Waals surface area contributed by atoms with Crippen LogP contribution < -0.4 is 5.32 Å². The molecule has 5 heteroatoms. The third-order valence-electron chi connectivity index (χ3n) is 4.09. The molecule has 1 fully saturated rings. The molecule has 1 aliphatic carbocycles. The second-order valence-corrected chi connectivity index (χ2v) is 7.41. The van der Waals surface area contributed by atoms with Gasteiger partial charge >= 0.3 is 6.09 Å². The molecule has 5 nitrogen and oxygen atoms in total. The second kappa shape index (κ2) is 6.97. The van der Waals surface area contributed by atoms with Crippen LogP contribution in [0, 0.1) is 5.41 Å². The number of ether oxygens (including phenoxy) is 2. The van der Waals surface area contributed by atoms with Gasteiger partial charge in [-0.2, -0.15) is 0 Å². The summed E-state index contributed by atoms with van der Waals surface area (Å²) in [4.78, 5) is 13.5. The van der Waals surface area contributed by atoms with Crippen molar-refractivity contribution in [1.82, 2.24) is 10.2 Å². The first kappa shape index (κ1) is 18.2. The summed E-state index contributed by atoms with van der Waals surface area (Å²) < 4.78 is 11.0. The Morgan fingerprint density at radius 3 is 2.48 bits per heavy atom. The van der Waals surface area contributed by atoms with E-state index in [1.54, 1.807) is 11.9 Å². The van der Waals surface area contributed by atoms with E-state index in [-0.39, 0.29) is 11.5 Å². The molecule has 1 aliphatic rings. The molecule has 2 unspecified atom stereocenters. The molecule has 0 aromatic carbocycles. The van der Waals surface area contributed by atoms with E-state index in [0.717, 1.165) is 19.6 Å². The molecule has 0 spiro atoms. The van der Waals surface area contributed by atoms with Crippen LogP contribution in [0.15, 0.2) is 0 Å². The van der Waals surface area contributed by atoms with E-state index in [9.17, 15) is 4.79 Å². The SMILES string of the molecule is CCOC1CC(NCCN(C)C(=O)OC(C)(C)C)C1(C)C. The second-order valence-electron chi connectivity index (χ2n) is 7.41. The Balaban J connectivity index is 2.27. The van der Waals surface area contributed by atoms with E-state index in [1.165, 1.54) is 0 Å². The Bertz CT molecular complexity index is 350. The summed E-state index contributed by atoms with van der Waals surface area (Å²) in [5.41, 5.74) is -0.292. The number of hydrogen-bond acceptors (Lipinski definition) is 4. The van der Waals surface area contributed by atoms with Crippen molar-refractivity contribution in [1.29, 1.82) is 0 Å². The maximum absolute atomic E-state index is 11.8. The van der Waals surface area contributed by atoms with Gasteiger partial charge in [0.05, 0.1) is 6.10 Å². The maximum Gasteiger partial charge on any atom is 0.410 e. The minimum absolute atomic E-state index is 0.153. The van der Waals surface area contributed by atoms with Crippen LogP contribution in [0.4, 0.5) is 4.79 Å². The zero-order valence-electron chi connectivity index (χ0n) is 14.7. The quantitative estimate of drug-likeness (QED) is 0.819. The van der Waals surface area contributed by atoms with Gasteiger partial charge in [-0.25, -0.2) is 4.79 Å². The molecule has 0 aromatic heterocycles. The summed E-state index contributed by atoms with van der Waals surface area (Å²) in [6, 6.07) is 0.445. The van der Waals surface area contributed by atoms with Gasteiger partial charge in [0.15, 0.2) is 0 Å². The summed E-state index contributed by atoms with van der Waals surface area (Å²) in [6.07, 6.45) is 1.10. The first-order valence-corrected chi connectivity index (χ1v) is 7.87. The summed E-state index contributed by atoms with van der Waals surface area (Å²) in [5, 5.41) is 3.52. The smallest absolute Gasteiger partial charge is 0.410 e. The molecule has 2 atom stereocenters. The molecule has 1 N–H and O–H groups in total. The molecule has 124 valence electrons. The maximum atomic E-state index is 11.8. The number of likely N-dealkylation sites (N-methyl/N-ethyl adjacent to an activating group) is 1. The lowest BCUT2D eigenvalue weighted by molar-refractivity contribution is -0.114. The van der Waals surface area contributed by atoms with Crippen molar-refractivity contribution in [2.45, 2.75) is 65.7 Å². The number of hydrogen-bond donors (Lipinski definition) is 1. The number of rotatable bonds is 6. The average Bonchev–Trinajstić information content (AvgIpc) is 2.34. The number of carbonyl (C=O) groups excluding carboxylic acids is 1. The zero-order valence-corrected chi connectivity index (χ0v) is 14.7. The average molecular weight is 300 g/mol. The van der Waals surface area contributed by atoms with Crippen molar-refractivity contribution in [2.75, 3.05) is 26.7 Å². The van der Waals surface area contributed by atoms with E-state index in [1.807, 2.05) is 27.7 Å². The number of nitrogens with one attached hydrogen (secondary N) is 1. The van der Waals surface area contributed by atoms with Crippen LogP contribution in [-0.2, 0) is 9.47 Å². The van der Waals surface area contributed by atoms with Crippen molar-refractivity contribution >= 4 is 6.09 Å². The highest BCUT2D eigenvalue weighted by Crippen LogP contribution is 2.42. The molecule has 0 saturated heterocycles. The van der Waals surface area contributed by atoms with Gasteiger partial charge in [-0.1, -0.05) is 13.8 Å². The molecule has 0 radical (unpaired) electrons. The first-order chi connectivity index (χ1) is 9.58. The highest BCUT2D eigenvalue weighted by atomic mass is 16.6. The molecule has 21 heavy (non-hydrogen) atoms. The molecule has 0 bridgehead atoms. The van der Waals surface area contributed by atoms with Crippen LogP contribution >= 0.6 is 0 Å². The van der Waals surface area contributed by atoms with Crippen LogP contribution in [0.1, 0.15) is 48.0 Å². The molecule has 1 rings (SSSR count). The third kappa shape index (κ3) is 5.15. The molecule has 1 amide bonds. The van der Waals surface area contributed by atoms with Gasteiger partial charge in [0, 0.05) is 38.2 Å². The summed E-state index contributed by atoms with van der Waals surface area (Å²) in [7, 11) is 1.77. The van der Waals surface area contributed by atoms with Crippen molar-refractivity contribution in [3.8, 4) is 0 Å². The van der Waals surface area contributed by atoms with Gasteiger partial charge < -0.3 is 19.7 Å². The molecule has 1 saturated carbocycles. The predicted molar refractivity (Wildman–Crippen MR) is 84.5 cm³/mol. The third-order valence-corrected chi connectivity index (χ3v) is 4.09. The monoisotopic (exact) mass is 300 g/mol. The largest absolute Gasteiger partial charge is 0.444 e. The van der Waals surface area contributed by atoms with E-state index >= 15 is 0 Å². The molecular weight excluding hydrogens is 268 g/mol.